The lowest BCUT2D eigenvalue weighted by atomic mass is 10.2. The molecule has 6 heteroatoms. The second-order valence-electron chi connectivity index (χ2n) is 4.30. The molecular weight excluding hydrogens is 258 g/mol. The van der Waals surface area contributed by atoms with Gasteiger partial charge < -0.3 is 25.8 Å². The molecule has 0 saturated carbocycles. The van der Waals surface area contributed by atoms with Crippen LogP contribution >= 0.6 is 0 Å². The Labute approximate surface area is 119 Å². The quantitative estimate of drug-likeness (QED) is 0.468. The van der Waals surface area contributed by atoms with Gasteiger partial charge in [-0.15, -0.1) is 0 Å². The Morgan fingerprint density at radius 1 is 1.35 bits per heavy atom. The first-order chi connectivity index (χ1) is 9.67. The Bertz CT molecular complexity index is 424. The van der Waals surface area contributed by atoms with Gasteiger partial charge in [0, 0.05) is 25.4 Å². The van der Waals surface area contributed by atoms with Crippen molar-refractivity contribution < 1.29 is 14.3 Å². The minimum absolute atomic E-state index is 0.0881. The highest BCUT2D eigenvalue weighted by molar-refractivity contribution is 5.81. The molecule has 1 amide bonds. The van der Waals surface area contributed by atoms with Crippen LogP contribution < -0.4 is 21.1 Å². The summed E-state index contributed by atoms with van der Waals surface area (Å²) in [4.78, 5) is 11.5. The normalized spacial score (nSPS) is 10.1. The first-order valence-corrected chi connectivity index (χ1v) is 6.69. The Morgan fingerprint density at radius 3 is 2.85 bits per heavy atom. The molecule has 4 N–H and O–H groups in total. The lowest BCUT2D eigenvalue weighted by molar-refractivity contribution is -0.119. The number of hydrogen-bond donors (Lipinski definition) is 3. The highest BCUT2D eigenvalue weighted by atomic mass is 16.5. The predicted octanol–water partition coefficient (Wildman–Crippen LogP) is 1.23. The van der Waals surface area contributed by atoms with E-state index in [0.29, 0.717) is 31.2 Å². The molecule has 0 atom stereocenters. The monoisotopic (exact) mass is 281 g/mol. The van der Waals surface area contributed by atoms with Crippen LogP contribution in [0.1, 0.15) is 13.3 Å². The third kappa shape index (κ3) is 5.79. The van der Waals surface area contributed by atoms with Gasteiger partial charge in [-0.1, -0.05) is 6.92 Å². The largest absolute Gasteiger partial charge is 0.491 e. The van der Waals surface area contributed by atoms with Crippen molar-refractivity contribution in [1.82, 2.24) is 5.32 Å². The van der Waals surface area contributed by atoms with E-state index in [1.165, 1.54) is 0 Å². The lowest BCUT2D eigenvalue weighted by Crippen LogP contribution is -2.32. The van der Waals surface area contributed by atoms with E-state index in [0.717, 1.165) is 12.1 Å². The summed E-state index contributed by atoms with van der Waals surface area (Å²) in [6.07, 6.45) is 0.916. The smallest absolute Gasteiger partial charge is 0.239 e. The predicted molar refractivity (Wildman–Crippen MR) is 80.0 cm³/mol. The van der Waals surface area contributed by atoms with Crippen LogP contribution in [0.4, 0.5) is 11.4 Å². The summed E-state index contributed by atoms with van der Waals surface area (Å²) >= 11 is 0. The molecule has 0 heterocycles. The van der Waals surface area contributed by atoms with E-state index in [1.807, 2.05) is 13.0 Å². The van der Waals surface area contributed by atoms with E-state index in [4.69, 9.17) is 15.2 Å². The molecule has 0 aliphatic heterocycles. The van der Waals surface area contributed by atoms with Crippen LogP contribution in [0.15, 0.2) is 18.2 Å². The van der Waals surface area contributed by atoms with Crippen molar-refractivity contribution in [3.05, 3.63) is 18.2 Å². The average molecular weight is 281 g/mol. The third-order valence-corrected chi connectivity index (χ3v) is 2.56. The molecule has 6 nitrogen and oxygen atoms in total. The second kappa shape index (κ2) is 9.03. The van der Waals surface area contributed by atoms with Gasteiger partial charge in [0.25, 0.3) is 0 Å². The summed E-state index contributed by atoms with van der Waals surface area (Å²) in [5, 5.41) is 5.76. The zero-order chi connectivity index (χ0) is 14.8. The van der Waals surface area contributed by atoms with Gasteiger partial charge in [0.2, 0.25) is 5.91 Å². The molecular formula is C14H23N3O3. The summed E-state index contributed by atoms with van der Waals surface area (Å²) in [5.41, 5.74) is 7.21. The molecule has 0 radical (unpaired) electrons. The van der Waals surface area contributed by atoms with Gasteiger partial charge in [-0.3, -0.25) is 4.79 Å². The standard InChI is InChI=1S/C14H23N3O3/c1-3-7-20-13-9-11(4-5-12(13)15)17-10-14(18)16-6-8-19-2/h4-5,9,17H,3,6-8,10,15H2,1-2H3,(H,16,18). The van der Waals surface area contributed by atoms with Crippen molar-refractivity contribution in [2.45, 2.75) is 13.3 Å². The fourth-order valence-electron chi connectivity index (χ4n) is 1.52. The van der Waals surface area contributed by atoms with Crippen LogP contribution in [0, 0.1) is 0 Å². The van der Waals surface area contributed by atoms with E-state index < -0.39 is 0 Å². The summed E-state index contributed by atoms with van der Waals surface area (Å²) < 4.78 is 10.4. The van der Waals surface area contributed by atoms with Crippen molar-refractivity contribution in [2.75, 3.05) is 44.5 Å². The number of nitrogens with one attached hydrogen (secondary N) is 2. The minimum Gasteiger partial charge on any atom is -0.491 e. The van der Waals surface area contributed by atoms with Crippen LogP contribution in [0.25, 0.3) is 0 Å². The highest BCUT2D eigenvalue weighted by Gasteiger charge is 2.04. The summed E-state index contributed by atoms with van der Waals surface area (Å²) in [6, 6.07) is 5.38. The van der Waals surface area contributed by atoms with Gasteiger partial charge in [-0.05, 0) is 18.6 Å². The van der Waals surface area contributed by atoms with Gasteiger partial charge in [0.1, 0.15) is 5.75 Å². The van der Waals surface area contributed by atoms with Gasteiger partial charge >= 0.3 is 0 Å². The van der Waals surface area contributed by atoms with Crippen molar-refractivity contribution >= 4 is 17.3 Å². The molecule has 0 aliphatic rings. The van der Waals surface area contributed by atoms with Crippen molar-refractivity contribution in [1.29, 1.82) is 0 Å². The Morgan fingerprint density at radius 2 is 2.15 bits per heavy atom. The zero-order valence-corrected chi connectivity index (χ0v) is 12.1. The molecule has 1 aromatic carbocycles. The third-order valence-electron chi connectivity index (χ3n) is 2.56. The van der Waals surface area contributed by atoms with Crippen LogP contribution in [0.3, 0.4) is 0 Å². The van der Waals surface area contributed by atoms with Crippen molar-refractivity contribution in [3.8, 4) is 5.75 Å². The molecule has 0 bridgehead atoms. The molecule has 20 heavy (non-hydrogen) atoms. The number of amides is 1. The average Bonchev–Trinajstić information content (AvgIpc) is 2.45. The molecule has 0 unspecified atom stereocenters. The van der Waals surface area contributed by atoms with E-state index >= 15 is 0 Å². The van der Waals surface area contributed by atoms with E-state index in [9.17, 15) is 4.79 Å². The van der Waals surface area contributed by atoms with Gasteiger partial charge in [-0.25, -0.2) is 0 Å². The number of nitrogen functional groups attached to an aromatic ring is 1. The number of methoxy groups -OCH3 is 1. The number of hydrogen-bond acceptors (Lipinski definition) is 5. The maximum absolute atomic E-state index is 11.5. The molecule has 1 rings (SSSR count). The molecule has 0 saturated heterocycles. The molecule has 0 fully saturated rings. The number of anilines is 2. The van der Waals surface area contributed by atoms with Crippen molar-refractivity contribution in [3.63, 3.8) is 0 Å². The maximum Gasteiger partial charge on any atom is 0.239 e. The van der Waals surface area contributed by atoms with Gasteiger partial charge in [-0.2, -0.15) is 0 Å². The lowest BCUT2D eigenvalue weighted by Gasteiger charge is -2.11. The van der Waals surface area contributed by atoms with E-state index in [2.05, 4.69) is 10.6 Å². The number of carbonyl (C=O) groups excluding carboxylic acids is 1. The first-order valence-electron chi connectivity index (χ1n) is 6.69. The molecule has 0 aliphatic carbocycles. The van der Waals surface area contributed by atoms with Gasteiger partial charge in [0.05, 0.1) is 25.4 Å². The number of carbonyl (C=O) groups is 1. The molecule has 0 spiro atoms. The van der Waals surface area contributed by atoms with E-state index in [1.54, 1.807) is 19.2 Å². The van der Waals surface area contributed by atoms with Crippen molar-refractivity contribution in [2.24, 2.45) is 0 Å². The number of rotatable bonds is 9. The fourth-order valence-corrected chi connectivity index (χ4v) is 1.52. The molecule has 1 aromatic rings. The van der Waals surface area contributed by atoms with Crippen LogP contribution in [-0.4, -0.2) is 39.3 Å². The fraction of sp³-hybridized carbons (Fsp3) is 0.500. The summed E-state index contributed by atoms with van der Waals surface area (Å²) in [6.45, 7) is 3.85. The SMILES string of the molecule is CCCOc1cc(NCC(=O)NCCOC)ccc1N. The Kier molecular flexibility index (Phi) is 7.27. The Balaban J connectivity index is 2.45. The van der Waals surface area contributed by atoms with Crippen LogP contribution in [0.5, 0.6) is 5.75 Å². The zero-order valence-electron chi connectivity index (χ0n) is 12.1. The first kappa shape index (κ1) is 16.1. The summed E-state index contributed by atoms with van der Waals surface area (Å²) in [5.74, 6) is 0.548. The maximum atomic E-state index is 11.5. The molecule has 0 aromatic heterocycles. The number of benzene rings is 1. The second-order valence-corrected chi connectivity index (χ2v) is 4.30. The highest BCUT2D eigenvalue weighted by Crippen LogP contribution is 2.25. The van der Waals surface area contributed by atoms with Gasteiger partial charge in [0.15, 0.2) is 0 Å². The number of nitrogens with two attached hydrogens (primary N) is 1. The van der Waals surface area contributed by atoms with Crippen LogP contribution in [0.2, 0.25) is 0 Å². The topological polar surface area (TPSA) is 85.6 Å². The summed E-state index contributed by atoms with van der Waals surface area (Å²) in [7, 11) is 1.59. The minimum atomic E-state index is -0.0881. The molecule has 112 valence electrons. The Hall–Kier alpha value is -1.95. The van der Waals surface area contributed by atoms with E-state index in [-0.39, 0.29) is 12.5 Å². The number of ether oxygens (including phenoxy) is 2. The van der Waals surface area contributed by atoms with Crippen LogP contribution in [-0.2, 0) is 9.53 Å².